The van der Waals surface area contributed by atoms with Crippen LogP contribution in [0.15, 0.2) is 47.3 Å². The zero-order valence-electron chi connectivity index (χ0n) is 19.0. The summed E-state index contributed by atoms with van der Waals surface area (Å²) in [4.78, 5) is 29.8. The van der Waals surface area contributed by atoms with E-state index in [2.05, 4.69) is 55.3 Å². The quantitative estimate of drug-likeness (QED) is 0.545. The molecule has 8 heteroatoms. The molecule has 32 heavy (non-hydrogen) atoms. The van der Waals surface area contributed by atoms with Crippen molar-refractivity contribution in [1.29, 1.82) is 0 Å². The highest BCUT2D eigenvalue weighted by molar-refractivity contribution is 9.10. The fourth-order valence-corrected chi connectivity index (χ4v) is 4.36. The number of piperazine rings is 1. The van der Waals surface area contributed by atoms with Crippen molar-refractivity contribution in [3.63, 3.8) is 0 Å². The lowest BCUT2D eigenvalue weighted by Gasteiger charge is -2.38. The molecule has 0 spiro atoms. The number of nitrogens with zero attached hydrogens (tertiary/aromatic N) is 4. The molecule has 1 aromatic heterocycles. The highest BCUT2D eigenvalue weighted by Crippen LogP contribution is 2.33. The predicted molar refractivity (Wildman–Crippen MR) is 135 cm³/mol. The van der Waals surface area contributed by atoms with Crippen LogP contribution < -0.4 is 20.8 Å². The number of halogens is 1. The number of fused-ring (bicyclic) bond motifs is 1. The van der Waals surface area contributed by atoms with E-state index in [1.54, 1.807) is 23.2 Å². The summed E-state index contributed by atoms with van der Waals surface area (Å²) in [6.07, 6.45) is 0. The Balaban J connectivity index is 1.68. The maximum atomic E-state index is 12.9. The summed E-state index contributed by atoms with van der Waals surface area (Å²) in [6.45, 7) is 7.43. The molecule has 1 atom stereocenters. The Morgan fingerprint density at radius 3 is 2.09 bits per heavy atom. The van der Waals surface area contributed by atoms with Crippen LogP contribution in [0.1, 0.15) is 13.8 Å². The molecular formula is C24H30BrN5O2. The van der Waals surface area contributed by atoms with Crippen molar-refractivity contribution in [3.8, 4) is 0 Å². The summed E-state index contributed by atoms with van der Waals surface area (Å²) >= 11 is 3.51. The monoisotopic (exact) mass is 499 g/mol. The normalized spacial score (nSPS) is 15.4. The minimum Gasteiger partial charge on any atom is -0.368 e. The van der Waals surface area contributed by atoms with Crippen LogP contribution in [0.4, 0.5) is 17.1 Å². The maximum Gasteiger partial charge on any atom is 0.328 e. The number of hydrogen-bond acceptors (Lipinski definition) is 4. The predicted octanol–water partition coefficient (Wildman–Crippen LogP) is 3.56. The number of alkyl halides is 1. The molecule has 1 aliphatic heterocycles. The third-order valence-corrected chi connectivity index (χ3v) is 7.70. The molecule has 0 radical (unpaired) electrons. The number of rotatable bonds is 5. The van der Waals surface area contributed by atoms with Crippen molar-refractivity contribution in [1.82, 2.24) is 9.13 Å². The van der Waals surface area contributed by atoms with E-state index in [1.807, 2.05) is 32.0 Å². The zero-order valence-corrected chi connectivity index (χ0v) is 20.6. The largest absolute Gasteiger partial charge is 0.368 e. The van der Waals surface area contributed by atoms with Gasteiger partial charge < -0.3 is 15.1 Å². The molecule has 1 fully saturated rings. The molecule has 1 amide bonds. The molecule has 2 aromatic carbocycles. The Kier molecular flexibility index (Phi) is 6.33. The molecule has 170 valence electrons. The number of carbonyl (C=O) groups excluding carboxylic acids is 1. The first-order valence-corrected chi connectivity index (χ1v) is 11.9. The van der Waals surface area contributed by atoms with E-state index < -0.39 is 0 Å². The van der Waals surface area contributed by atoms with Crippen LogP contribution in [0.2, 0.25) is 0 Å². The first-order valence-electron chi connectivity index (χ1n) is 11.0. The molecule has 7 nitrogen and oxygen atoms in total. The van der Waals surface area contributed by atoms with Crippen LogP contribution in [0.5, 0.6) is 0 Å². The highest BCUT2D eigenvalue weighted by atomic mass is 79.9. The fourth-order valence-electron chi connectivity index (χ4n) is 4.24. The zero-order chi connectivity index (χ0) is 23.0. The number of aryl methyl sites for hydroxylation is 2. The highest BCUT2D eigenvalue weighted by Gasteiger charge is 2.25. The number of aromatic nitrogens is 2. The number of para-hydroxylation sites is 1. The van der Waals surface area contributed by atoms with Gasteiger partial charge in [-0.1, -0.05) is 48.0 Å². The van der Waals surface area contributed by atoms with E-state index >= 15 is 0 Å². The molecule has 4 rings (SSSR count). The van der Waals surface area contributed by atoms with E-state index in [0.29, 0.717) is 0 Å². The summed E-state index contributed by atoms with van der Waals surface area (Å²) in [6, 6.07) is 14.4. The number of amides is 1. The summed E-state index contributed by atoms with van der Waals surface area (Å²) in [5.41, 5.74) is 4.49. The molecule has 3 aromatic rings. The van der Waals surface area contributed by atoms with Crippen molar-refractivity contribution in [2.45, 2.75) is 18.7 Å². The average molecular weight is 500 g/mol. The molecule has 2 heterocycles. The molecule has 0 unspecified atom stereocenters. The second-order valence-corrected chi connectivity index (χ2v) is 9.69. The first-order chi connectivity index (χ1) is 15.3. The Morgan fingerprint density at radius 1 is 0.938 bits per heavy atom. The molecule has 0 aliphatic carbocycles. The summed E-state index contributed by atoms with van der Waals surface area (Å²) < 4.78 is 3.28. The van der Waals surface area contributed by atoms with Gasteiger partial charge in [-0.3, -0.25) is 13.9 Å². The van der Waals surface area contributed by atoms with Crippen LogP contribution in [-0.4, -0.2) is 46.0 Å². The van der Waals surface area contributed by atoms with E-state index in [9.17, 15) is 9.59 Å². The molecule has 0 bridgehead atoms. The fraction of sp³-hybridized carbons (Fsp3) is 0.417. The Labute approximate surface area is 196 Å². The van der Waals surface area contributed by atoms with Crippen LogP contribution in [-0.2, 0) is 18.9 Å². The van der Waals surface area contributed by atoms with Crippen molar-refractivity contribution >= 4 is 49.9 Å². The molecule has 1 saturated heterocycles. The molecule has 1 aliphatic rings. The van der Waals surface area contributed by atoms with Crippen LogP contribution in [0, 0.1) is 5.92 Å². The minimum atomic E-state index is -0.291. The van der Waals surface area contributed by atoms with Gasteiger partial charge in [-0.25, -0.2) is 4.79 Å². The van der Waals surface area contributed by atoms with E-state index in [4.69, 9.17) is 0 Å². The van der Waals surface area contributed by atoms with Gasteiger partial charge >= 0.3 is 5.69 Å². The van der Waals surface area contributed by atoms with Gasteiger partial charge in [0.1, 0.15) is 0 Å². The van der Waals surface area contributed by atoms with Gasteiger partial charge in [0.15, 0.2) is 0 Å². The van der Waals surface area contributed by atoms with Crippen LogP contribution in [0.3, 0.4) is 0 Å². The van der Waals surface area contributed by atoms with Gasteiger partial charge in [-0.05, 0) is 30.2 Å². The van der Waals surface area contributed by atoms with E-state index in [-0.39, 0.29) is 22.3 Å². The van der Waals surface area contributed by atoms with Gasteiger partial charge in [0, 0.05) is 46.0 Å². The van der Waals surface area contributed by atoms with E-state index in [0.717, 1.165) is 48.6 Å². The molecule has 0 saturated carbocycles. The molecular weight excluding hydrogens is 470 g/mol. The number of benzene rings is 2. The lowest BCUT2D eigenvalue weighted by atomic mass is 10.1. The van der Waals surface area contributed by atoms with Crippen LogP contribution in [0.25, 0.3) is 11.0 Å². The number of nitrogens with one attached hydrogen (secondary N) is 1. The van der Waals surface area contributed by atoms with Crippen LogP contribution >= 0.6 is 15.9 Å². The van der Waals surface area contributed by atoms with Gasteiger partial charge in [-0.2, -0.15) is 0 Å². The summed E-state index contributed by atoms with van der Waals surface area (Å²) in [7, 11) is 3.54. The summed E-state index contributed by atoms with van der Waals surface area (Å²) in [5.74, 6) is 0.0853. The number of carbonyl (C=O) groups is 1. The van der Waals surface area contributed by atoms with Gasteiger partial charge in [0.25, 0.3) is 0 Å². The lowest BCUT2D eigenvalue weighted by molar-refractivity contribution is -0.116. The van der Waals surface area contributed by atoms with Crippen molar-refractivity contribution in [2.24, 2.45) is 20.0 Å². The Morgan fingerprint density at radius 2 is 1.50 bits per heavy atom. The third kappa shape index (κ3) is 4.16. The number of imidazole rings is 1. The summed E-state index contributed by atoms with van der Waals surface area (Å²) in [5, 5.41) is 3.11. The number of anilines is 3. The second kappa shape index (κ2) is 9.02. The number of hydrogen-bond donors (Lipinski definition) is 1. The lowest BCUT2D eigenvalue weighted by Crippen LogP contribution is -2.46. The van der Waals surface area contributed by atoms with Crippen molar-refractivity contribution in [3.05, 3.63) is 52.9 Å². The van der Waals surface area contributed by atoms with Gasteiger partial charge in [0.05, 0.1) is 27.2 Å². The van der Waals surface area contributed by atoms with Crippen molar-refractivity contribution < 1.29 is 4.79 Å². The average Bonchev–Trinajstić information content (AvgIpc) is 3.02. The standard InChI is InChI=1S/C24H30BrN5O2/c1-16(2)22(25)23(31)26-18-14-20-21(28(4)24(32)27(20)3)15-19(18)30-12-10-29(11-13-30)17-8-6-5-7-9-17/h5-9,14-16,22H,10-13H2,1-4H3,(H,26,31)/t22-/m0/s1. The second-order valence-electron chi connectivity index (χ2n) is 8.70. The smallest absolute Gasteiger partial charge is 0.328 e. The Bertz CT molecular complexity index is 1180. The van der Waals surface area contributed by atoms with E-state index in [1.165, 1.54) is 5.69 Å². The topological polar surface area (TPSA) is 62.5 Å². The maximum absolute atomic E-state index is 12.9. The first kappa shape index (κ1) is 22.5. The molecule has 1 N–H and O–H groups in total. The minimum absolute atomic E-state index is 0.0792. The Hall–Kier alpha value is -2.74. The van der Waals surface area contributed by atoms with Gasteiger partial charge in [0.2, 0.25) is 5.91 Å². The van der Waals surface area contributed by atoms with Crippen molar-refractivity contribution in [2.75, 3.05) is 41.3 Å². The third-order valence-electron chi connectivity index (χ3n) is 6.22. The SMILES string of the molecule is CC(C)[C@H](Br)C(=O)Nc1cc2c(cc1N1CCN(c3ccccc3)CC1)n(C)c(=O)n2C. The van der Waals surface area contributed by atoms with Gasteiger partial charge in [-0.15, -0.1) is 0 Å².